The lowest BCUT2D eigenvalue weighted by molar-refractivity contribution is -0.897. The molecule has 1 saturated heterocycles. The molecule has 0 radical (unpaired) electrons. The number of rotatable bonds is 5. The molecule has 24 heavy (non-hydrogen) atoms. The van der Waals surface area contributed by atoms with Crippen molar-refractivity contribution in [2.45, 2.75) is 12.8 Å². The third kappa shape index (κ3) is 4.79. The van der Waals surface area contributed by atoms with Crippen LogP contribution in [-0.4, -0.2) is 51.6 Å². The number of hydrogen-bond acceptors (Lipinski definition) is 4. The van der Waals surface area contributed by atoms with Gasteiger partial charge in [0.2, 0.25) is 0 Å². The van der Waals surface area contributed by atoms with Crippen LogP contribution in [0.4, 0.5) is 5.69 Å². The minimum Gasteiger partial charge on any atom is -0.469 e. The molecule has 1 aliphatic heterocycles. The Morgan fingerprint density at radius 3 is 2.33 bits per heavy atom. The van der Waals surface area contributed by atoms with Crippen LogP contribution in [0.25, 0.3) is 0 Å². The number of ether oxygens (including phenoxy) is 1. The van der Waals surface area contributed by atoms with Gasteiger partial charge < -0.3 is 20.3 Å². The molecule has 0 aliphatic carbocycles. The van der Waals surface area contributed by atoms with Gasteiger partial charge in [0.05, 0.1) is 26.1 Å². The number of likely N-dealkylation sites (tertiary alicyclic amines) is 1. The maximum Gasteiger partial charge on any atom is 0.309 e. The highest BCUT2D eigenvalue weighted by molar-refractivity contribution is 5.95. The highest BCUT2D eigenvalue weighted by atomic mass is 16.5. The van der Waals surface area contributed by atoms with Gasteiger partial charge >= 0.3 is 5.97 Å². The molecule has 130 valence electrons. The van der Waals surface area contributed by atoms with Crippen molar-refractivity contribution < 1.29 is 24.0 Å². The summed E-state index contributed by atoms with van der Waals surface area (Å²) in [6.45, 7) is 1.93. The molecule has 0 unspecified atom stereocenters. The lowest BCUT2D eigenvalue weighted by Gasteiger charge is -2.27. The number of anilines is 1. The van der Waals surface area contributed by atoms with Crippen molar-refractivity contribution in [3.05, 3.63) is 29.8 Å². The van der Waals surface area contributed by atoms with Crippen LogP contribution in [0.2, 0.25) is 0 Å². The van der Waals surface area contributed by atoms with E-state index in [1.54, 1.807) is 31.3 Å². The molecule has 3 N–H and O–H groups in total. The van der Waals surface area contributed by atoms with Crippen LogP contribution in [0.5, 0.6) is 0 Å². The van der Waals surface area contributed by atoms with Crippen molar-refractivity contribution in [3.8, 4) is 0 Å². The topological polar surface area (TPSA) is 88.9 Å². The Bertz CT molecular complexity index is 592. The minimum absolute atomic E-state index is 0.0425. The first-order chi connectivity index (χ1) is 11.5. The van der Waals surface area contributed by atoms with E-state index in [0.717, 1.165) is 30.8 Å². The summed E-state index contributed by atoms with van der Waals surface area (Å²) in [7, 11) is 2.98. The highest BCUT2D eigenvalue weighted by Gasteiger charge is 2.28. The Kier molecular flexibility index (Phi) is 6.31. The molecule has 1 aromatic rings. The van der Waals surface area contributed by atoms with Crippen molar-refractivity contribution in [2.75, 3.05) is 39.1 Å². The first-order valence-corrected chi connectivity index (χ1v) is 8.07. The molecule has 0 atom stereocenters. The number of hydrogen-bond donors (Lipinski definition) is 3. The number of quaternary nitrogens is 1. The van der Waals surface area contributed by atoms with Crippen LogP contribution in [0, 0.1) is 5.92 Å². The predicted octanol–water partition coefficient (Wildman–Crippen LogP) is -0.547. The second-order valence-corrected chi connectivity index (χ2v) is 5.93. The second-order valence-electron chi connectivity index (χ2n) is 5.93. The third-order valence-electron chi connectivity index (χ3n) is 4.30. The summed E-state index contributed by atoms with van der Waals surface area (Å²) in [6, 6.07) is 6.76. The van der Waals surface area contributed by atoms with E-state index in [4.69, 9.17) is 4.74 Å². The Morgan fingerprint density at radius 1 is 1.17 bits per heavy atom. The van der Waals surface area contributed by atoms with E-state index in [2.05, 4.69) is 10.6 Å². The second kappa shape index (κ2) is 8.44. The van der Waals surface area contributed by atoms with Crippen LogP contribution in [0.3, 0.4) is 0 Å². The van der Waals surface area contributed by atoms with Crippen molar-refractivity contribution in [2.24, 2.45) is 5.92 Å². The summed E-state index contributed by atoms with van der Waals surface area (Å²) in [5.74, 6) is -0.436. The first kappa shape index (κ1) is 17.9. The summed E-state index contributed by atoms with van der Waals surface area (Å²) in [5, 5.41) is 5.38. The molecule has 7 nitrogen and oxygen atoms in total. The molecular formula is C17H24N3O4+. The SMILES string of the molecule is CNC(=O)c1ccc(NC(=O)C[NH+]2CCC(C(=O)OC)CC2)cc1. The molecular weight excluding hydrogens is 310 g/mol. The molecule has 1 aromatic carbocycles. The summed E-state index contributed by atoms with van der Waals surface area (Å²) in [6.07, 6.45) is 1.49. The quantitative estimate of drug-likeness (QED) is 0.631. The Hall–Kier alpha value is -2.41. The molecule has 0 saturated carbocycles. The van der Waals surface area contributed by atoms with Crippen LogP contribution >= 0.6 is 0 Å². The summed E-state index contributed by atoms with van der Waals surface area (Å²) in [4.78, 5) is 36.3. The number of methoxy groups -OCH3 is 1. The maximum atomic E-state index is 12.1. The number of amides is 2. The Labute approximate surface area is 141 Å². The van der Waals surface area contributed by atoms with Crippen molar-refractivity contribution in [1.82, 2.24) is 5.32 Å². The maximum absolute atomic E-state index is 12.1. The minimum atomic E-state index is -0.161. The average molecular weight is 334 g/mol. The Balaban J connectivity index is 1.79. The molecule has 2 amide bonds. The van der Waals surface area contributed by atoms with Gasteiger partial charge in [0.1, 0.15) is 0 Å². The molecule has 1 aliphatic rings. The van der Waals surface area contributed by atoms with Gasteiger partial charge in [0.25, 0.3) is 11.8 Å². The van der Waals surface area contributed by atoms with Gasteiger partial charge in [-0.1, -0.05) is 0 Å². The number of esters is 1. The van der Waals surface area contributed by atoms with Crippen molar-refractivity contribution >= 4 is 23.5 Å². The number of carbonyl (C=O) groups excluding carboxylic acids is 3. The van der Waals surface area contributed by atoms with E-state index in [1.807, 2.05) is 0 Å². The Morgan fingerprint density at radius 2 is 1.79 bits per heavy atom. The van der Waals surface area contributed by atoms with Gasteiger partial charge in [-0.25, -0.2) is 0 Å². The zero-order valence-electron chi connectivity index (χ0n) is 14.1. The molecule has 0 bridgehead atoms. The van der Waals surface area contributed by atoms with E-state index in [1.165, 1.54) is 7.11 Å². The van der Waals surface area contributed by atoms with Gasteiger partial charge in [-0.05, 0) is 24.3 Å². The smallest absolute Gasteiger partial charge is 0.309 e. The lowest BCUT2D eigenvalue weighted by Crippen LogP contribution is -3.14. The standard InChI is InChI=1S/C17H23N3O4/c1-18-16(22)12-3-5-14(6-4-12)19-15(21)11-20-9-7-13(8-10-20)17(23)24-2/h3-6,13H,7-11H2,1-2H3,(H,18,22)(H,19,21)/p+1. The molecule has 1 fully saturated rings. The molecule has 7 heteroatoms. The molecule has 1 heterocycles. The van der Waals surface area contributed by atoms with Gasteiger partial charge in [-0.3, -0.25) is 14.4 Å². The zero-order chi connectivity index (χ0) is 17.5. The molecule has 0 spiro atoms. The number of carbonyl (C=O) groups is 3. The van der Waals surface area contributed by atoms with E-state index >= 15 is 0 Å². The fraction of sp³-hybridized carbons (Fsp3) is 0.471. The van der Waals surface area contributed by atoms with E-state index in [0.29, 0.717) is 17.8 Å². The monoisotopic (exact) mass is 334 g/mol. The largest absolute Gasteiger partial charge is 0.469 e. The highest BCUT2D eigenvalue weighted by Crippen LogP contribution is 2.11. The van der Waals surface area contributed by atoms with Crippen LogP contribution in [0.1, 0.15) is 23.2 Å². The van der Waals surface area contributed by atoms with Gasteiger partial charge in [0, 0.05) is 31.1 Å². The van der Waals surface area contributed by atoms with Gasteiger partial charge in [-0.2, -0.15) is 0 Å². The van der Waals surface area contributed by atoms with Crippen LogP contribution in [0.15, 0.2) is 24.3 Å². The van der Waals surface area contributed by atoms with Crippen molar-refractivity contribution in [3.63, 3.8) is 0 Å². The third-order valence-corrected chi connectivity index (χ3v) is 4.30. The fourth-order valence-electron chi connectivity index (χ4n) is 2.89. The number of benzene rings is 1. The average Bonchev–Trinajstić information content (AvgIpc) is 2.61. The summed E-state index contributed by atoms with van der Waals surface area (Å²) < 4.78 is 4.76. The van der Waals surface area contributed by atoms with Crippen LogP contribution in [-0.2, 0) is 14.3 Å². The predicted molar refractivity (Wildman–Crippen MR) is 88.8 cm³/mol. The molecule has 2 rings (SSSR count). The normalized spacial score (nSPS) is 20.1. The number of piperidine rings is 1. The first-order valence-electron chi connectivity index (χ1n) is 8.07. The summed E-state index contributed by atoms with van der Waals surface area (Å²) in [5.41, 5.74) is 1.21. The fourth-order valence-corrected chi connectivity index (χ4v) is 2.89. The van der Waals surface area contributed by atoms with E-state index in [9.17, 15) is 14.4 Å². The lowest BCUT2D eigenvalue weighted by atomic mass is 9.97. The number of nitrogens with one attached hydrogen (secondary N) is 3. The van der Waals surface area contributed by atoms with Gasteiger partial charge in [0.15, 0.2) is 6.54 Å². The van der Waals surface area contributed by atoms with Crippen LogP contribution < -0.4 is 15.5 Å². The van der Waals surface area contributed by atoms with Crippen molar-refractivity contribution in [1.29, 1.82) is 0 Å². The van der Waals surface area contributed by atoms with E-state index in [-0.39, 0.29) is 23.7 Å². The van der Waals surface area contributed by atoms with Gasteiger partial charge in [-0.15, -0.1) is 0 Å². The molecule has 0 aromatic heterocycles. The van der Waals surface area contributed by atoms with E-state index < -0.39 is 0 Å². The zero-order valence-corrected chi connectivity index (χ0v) is 14.1. The summed E-state index contributed by atoms with van der Waals surface area (Å²) >= 11 is 0.